The molecule has 0 aliphatic carbocycles. The van der Waals surface area contributed by atoms with Crippen molar-refractivity contribution in [2.75, 3.05) is 6.54 Å². The quantitative estimate of drug-likeness (QED) is 0.628. The maximum absolute atomic E-state index is 13.6. The van der Waals surface area contributed by atoms with Crippen molar-refractivity contribution in [1.82, 2.24) is 5.32 Å². The van der Waals surface area contributed by atoms with Crippen LogP contribution in [0.5, 0.6) is 0 Å². The van der Waals surface area contributed by atoms with Gasteiger partial charge in [-0.15, -0.1) is 0 Å². The molecule has 0 aliphatic rings. The van der Waals surface area contributed by atoms with Gasteiger partial charge in [-0.05, 0) is 12.1 Å². The molecular formula is C13H12FNO3. The Hall–Kier alpha value is -2.35. The number of amides is 1. The van der Waals surface area contributed by atoms with Gasteiger partial charge in [0.2, 0.25) is 5.91 Å². The summed E-state index contributed by atoms with van der Waals surface area (Å²) in [6.07, 6.45) is 0.371. The largest absolute Gasteiger partial charge is 0.478 e. The van der Waals surface area contributed by atoms with E-state index in [-0.39, 0.29) is 11.5 Å². The van der Waals surface area contributed by atoms with Crippen molar-refractivity contribution in [2.24, 2.45) is 0 Å². The zero-order valence-corrected chi connectivity index (χ0v) is 9.79. The Balaban J connectivity index is 2.74. The fourth-order valence-electron chi connectivity index (χ4n) is 1.25. The highest BCUT2D eigenvalue weighted by molar-refractivity contribution is 5.88. The maximum Gasteiger partial charge on any atom is 0.338 e. The van der Waals surface area contributed by atoms with Gasteiger partial charge in [0.25, 0.3) is 0 Å². The first-order chi connectivity index (χ1) is 8.52. The normalized spacial score (nSPS) is 9.22. The molecular weight excluding hydrogens is 237 g/mol. The van der Waals surface area contributed by atoms with Gasteiger partial charge in [-0.1, -0.05) is 17.9 Å². The van der Waals surface area contributed by atoms with Gasteiger partial charge in [-0.3, -0.25) is 4.79 Å². The third-order valence-corrected chi connectivity index (χ3v) is 2.08. The molecule has 0 atom stereocenters. The van der Waals surface area contributed by atoms with E-state index in [9.17, 15) is 14.0 Å². The van der Waals surface area contributed by atoms with Crippen LogP contribution in [-0.2, 0) is 4.79 Å². The number of hydrogen-bond acceptors (Lipinski definition) is 2. The molecule has 0 saturated carbocycles. The molecule has 0 aliphatic heterocycles. The Bertz CT molecular complexity index is 529. The molecule has 0 radical (unpaired) electrons. The number of carbonyl (C=O) groups is 2. The van der Waals surface area contributed by atoms with E-state index in [4.69, 9.17) is 5.11 Å². The van der Waals surface area contributed by atoms with E-state index in [1.165, 1.54) is 25.1 Å². The fourth-order valence-corrected chi connectivity index (χ4v) is 1.25. The molecule has 0 heterocycles. The molecule has 18 heavy (non-hydrogen) atoms. The van der Waals surface area contributed by atoms with Gasteiger partial charge in [0, 0.05) is 19.9 Å². The van der Waals surface area contributed by atoms with Crippen LogP contribution in [0.25, 0.3) is 0 Å². The van der Waals surface area contributed by atoms with E-state index >= 15 is 0 Å². The average molecular weight is 249 g/mol. The van der Waals surface area contributed by atoms with E-state index in [1.807, 2.05) is 0 Å². The molecule has 0 saturated heterocycles. The van der Waals surface area contributed by atoms with Crippen LogP contribution >= 0.6 is 0 Å². The number of rotatable bonds is 3. The molecule has 1 rings (SSSR count). The molecule has 0 fully saturated rings. The number of halogens is 1. The molecule has 4 nitrogen and oxygen atoms in total. The smallest absolute Gasteiger partial charge is 0.338 e. The SMILES string of the molecule is CC(=O)NCCC#Cc1cccc(C(=O)O)c1F. The second-order valence-electron chi connectivity index (χ2n) is 3.51. The lowest BCUT2D eigenvalue weighted by atomic mass is 10.1. The number of nitrogens with one attached hydrogen (secondary N) is 1. The molecule has 1 amide bonds. The van der Waals surface area contributed by atoms with Crippen LogP contribution in [0.4, 0.5) is 4.39 Å². The summed E-state index contributed by atoms with van der Waals surface area (Å²) in [5.41, 5.74) is -0.360. The summed E-state index contributed by atoms with van der Waals surface area (Å²) < 4.78 is 13.6. The van der Waals surface area contributed by atoms with E-state index in [0.717, 1.165) is 0 Å². The Kier molecular flexibility index (Phi) is 4.88. The summed E-state index contributed by atoms with van der Waals surface area (Å²) in [5.74, 6) is 2.89. The van der Waals surface area contributed by atoms with E-state index < -0.39 is 17.3 Å². The van der Waals surface area contributed by atoms with Crippen LogP contribution in [0.2, 0.25) is 0 Å². The standard InChI is InChI=1S/C13H12FNO3/c1-9(16)15-8-3-2-5-10-6-4-7-11(12(10)14)13(17)18/h4,6-7H,3,8H2,1H3,(H,15,16)(H,17,18). The lowest BCUT2D eigenvalue weighted by molar-refractivity contribution is -0.118. The number of aromatic carboxylic acids is 1. The highest BCUT2D eigenvalue weighted by atomic mass is 19.1. The van der Waals surface area contributed by atoms with Crippen LogP contribution < -0.4 is 5.32 Å². The van der Waals surface area contributed by atoms with Crippen molar-refractivity contribution in [3.8, 4) is 11.8 Å². The van der Waals surface area contributed by atoms with Crippen LogP contribution in [-0.4, -0.2) is 23.5 Å². The Labute approximate surface area is 104 Å². The lowest BCUT2D eigenvalue weighted by Gasteiger charge is -1.99. The highest BCUT2D eigenvalue weighted by Gasteiger charge is 2.11. The minimum atomic E-state index is -1.32. The zero-order chi connectivity index (χ0) is 13.5. The first-order valence-electron chi connectivity index (χ1n) is 5.27. The number of hydrogen-bond donors (Lipinski definition) is 2. The van der Waals surface area contributed by atoms with E-state index in [2.05, 4.69) is 17.2 Å². The predicted molar refractivity (Wildman–Crippen MR) is 63.5 cm³/mol. The minimum Gasteiger partial charge on any atom is -0.478 e. The molecule has 0 aromatic heterocycles. The van der Waals surface area contributed by atoms with Gasteiger partial charge in [-0.25, -0.2) is 9.18 Å². The summed E-state index contributed by atoms with van der Waals surface area (Å²) in [6.45, 7) is 1.77. The molecule has 0 spiro atoms. The van der Waals surface area contributed by atoms with Crippen molar-refractivity contribution in [3.63, 3.8) is 0 Å². The second-order valence-corrected chi connectivity index (χ2v) is 3.51. The fraction of sp³-hybridized carbons (Fsp3) is 0.231. The first kappa shape index (κ1) is 13.7. The van der Waals surface area contributed by atoms with Gasteiger partial charge in [0.15, 0.2) is 5.82 Å². The number of carbonyl (C=O) groups excluding carboxylic acids is 1. The molecule has 2 N–H and O–H groups in total. The highest BCUT2D eigenvalue weighted by Crippen LogP contribution is 2.11. The third-order valence-electron chi connectivity index (χ3n) is 2.08. The summed E-state index contributed by atoms with van der Waals surface area (Å²) in [6, 6.07) is 4.03. The predicted octanol–water partition coefficient (Wildman–Crippen LogP) is 1.40. The van der Waals surface area contributed by atoms with Gasteiger partial charge < -0.3 is 10.4 Å². The van der Waals surface area contributed by atoms with Crippen LogP contribution in [0.3, 0.4) is 0 Å². The van der Waals surface area contributed by atoms with Crippen LogP contribution in [0.15, 0.2) is 18.2 Å². The molecule has 1 aromatic rings. The first-order valence-corrected chi connectivity index (χ1v) is 5.27. The van der Waals surface area contributed by atoms with E-state index in [1.54, 1.807) is 0 Å². The summed E-state index contributed by atoms with van der Waals surface area (Å²) >= 11 is 0. The van der Waals surface area contributed by atoms with Crippen molar-refractivity contribution < 1.29 is 19.1 Å². The molecule has 0 bridgehead atoms. The van der Waals surface area contributed by atoms with Crippen LogP contribution in [0.1, 0.15) is 29.3 Å². The summed E-state index contributed by atoms with van der Waals surface area (Å²) in [5, 5.41) is 11.3. The summed E-state index contributed by atoms with van der Waals surface area (Å²) in [4.78, 5) is 21.3. The Morgan fingerprint density at radius 2 is 2.17 bits per heavy atom. The molecule has 0 unspecified atom stereocenters. The second kappa shape index (κ2) is 6.40. The van der Waals surface area contributed by atoms with Crippen molar-refractivity contribution in [1.29, 1.82) is 0 Å². The monoisotopic (exact) mass is 249 g/mol. The number of carboxylic acid groups (broad SMARTS) is 1. The minimum absolute atomic E-state index is 0.0396. The number of carboxylic acids is 1. The third kappa shape index (κ3) is 3.91. The Morgan fingerprint density at radius 3 is 2.78 bits per heavy atom. The molecule has 1 aromatic carbocycles. The molecule has 5 heteroatoms. The number of benzene rings is 1. The maximum atomic E-state index is 13.6. The Morgan fingerprint density at radius 1 is 1.44 bits per heavy atom. The lowest BCUT2D eigenvalue weighted by Crippen LogP contribution is -2.20. The van der Waals surface area contributed by atoms with E-state index in [0.29, 0.717) is 13.0 Å². The van der Waals surface area contributed by atoms with Gasteiger partial charge in [-0.2, -0.15) is 0 Å². The van der Waals surface area contributed by atoms with Crippen LogP contribution in [0, 0.1) is 17.7 Å². The van der Waals surface area contributed by atoms with Gasteiger partial charge in [0.1, 0.15) is 0 Å². The van der Waals surface area contributed by atoms with Crippen molar-refractivity contribution >= 4 is 11.9 Å². The van der Waals surface area contributed by atoms with Gasteiger partial charge in [0.05, 0.1) is 11.1 Å². The van der Waals surface area contributed by atoms with Crippen molar-refractivity contribution in [2.45, 2.75) is 13.3 Å². The topological polar surface area (TPSA) is 66.4 Å². The van der Waals surface area contributed by atoms with Crippen molar-refractivity contribution in [3.05, 3.63) is 35.1 Å². The summed E-state index contributed by atoms with van der Waals surface area (Å²) in [7, 11) is 0. The molecule has 94 valence electrons. The van der Waals surface area contributed by atoms with Gasteiger partial charge >= 0.3 is 5.97 Å². The average Bonchev–Trinajstić information content (AvgIpc) is 2.30. The zero-order valence-electron chi connectivity index (χ0n) is 9.79.